The van der Waals surface area contributed by atoms with Crippen molar-refractivity contribution in [1.82, 2.24) is 0 Å². The maximum atomic E-state index is 12.9. The maximum Gasteiger partial charge on any atom is 0.256 e. The number of hydrogen-bond donors (Lipinski definition) is 2. The molecule has 8 heteroatoms. The van der Waals surface area contributed by atoms with Gasteiger partial charge < -0.3 is 20.5 Å². The molecule has 6 nitrogen and oxygen atoms in total. The Balaban J connectivity index is 1.81. The van der Waals surface area contributed by atoms with Crippen LogP contribution in [0.3, 0.4) is 0 Å². The Bertz CT molecular complexity index is 1090. The fraction of sp³-hybridized carbons (Fsp3) is 0.217. The molecule has 31 heavy (non-hydrogen) atoms. The average molecular weight is 436 g/mol. The first-order chi connectivity index (χ1) is 14.8. The monoisotopic (exact) mass is 436 g/mol. The molecule has 3 aromatic rings. The molecule has 0 unspecified atom stereocenters. The van der Waals surface area contributed by atoms with Crippen molar-refractivity contribution in [3.05, 3.63) is 70.1 Å². The van der Waals surface area contributed by atoms with Gasteiger partial charge in [0.1, 0.15) is 31.0 Å². The molecule has 0 spiro atoms. The molecular formula is C23H25BN2O4S. The molecule has 1 heterocycles. The highest BCUT2D eigenvalue weighted by molar-refractivity contribution is 7.16. The van der Waals surface area contributed by atoms with Gasteiger partial charge in [-0.3, -0.25) is 9.59 Å². The van der Waals surface area contributed by atoms with Crippen LogP contribution in [0, 0.1) is 0 Å². The van der Waals surface area contributed by atoms with Gasteiger partial charge in [-0.25, -0.2) is 0 Å². The molecule has 0 aliphatic carbocycles. The number of nitrogens with one attached hydrogen (secondary N) is 1. The van der Waals surface area contributed by atoms with Gasteiger partial charge in [0.25, 0.3) is 11.8 Å². The van der Waals surface area contributed by atoms with E-state index in [0.29, 0.717) is 21.9 Å². The predicted molar refractivity (Wildman–Crippen MR) is 127 cm³/mol. The van der Waals surface area contributed by atoms with Gasteiger partial charge in [0.2, 0.25) is 0 Å². The fourth-order valence-electron chi connectivity index (χ4n) is 2.97. The molecule has 2 aromatic carbocycles. The summed E-state index contributed by atoms with van der Waals surface area (Å²) < 4.78 is 11.3. The zero-order chi connectivity index (χ0) is 22.5. The third kappa shape index (κ3) is 5.46. The van der Waals surface area contributed by atoms with Crippen molar-refractivity contribution >= 4 is 41.5 Å². The Hall–Kier alpha value is -3.26. The lowest BCUT2D eigenvalue weighted by Crippen LogP contribution is -2.16. The van der Waals surface area contributed by atoms with Crippen LogP contribution in [-0.2, 0) is 6.61 Å². The minimum absolute atomic E-state index is 0.222. The van der Waals surface area contributed by atoms with E-state index in [1.807, 2.05) is 46.0 Å². The van der Waals surface area contributed by atoms with Crippen LogP contribution in [0.2, 0.25) is 0 Å². The van der Waals surface area contributed by atoms with E-state index >= 15 is 0 Å². The van der Waals surface area contributed by atoms with Crippen LogP contribution < -0.4 is 26.0 Å². The van der Waals surface area contributed by atoms with E-state index in [1.165, 1.54) is 11.3 Å². The number of amides is 2. The number of benzene rings is 2. The van der Waals surface area contributed by atoms with Crippen molar-refractivity contribution in [3.63, 3.8) is 0 Å². The number of primary amides is 1. The molecule has 0 fully saturated rings. The Morgan fingerprint density at radius 3 is 2.45 bits per heavy atom. The SMILES string of the molecule is Bc1ccc(OCc2cc(C(=O)Nc3sc(C(C)C)cc3C(N)=O)ccc2OC)cc1. The number of ether oxygens (including phenoxy) is 2. The second-order valence-electron chi connectivity index (χ2n) is 7.49. The van der Waals surface area contributed by atoms with E-state index < -0.39 is 5.91 Å². The van der Waals surface area contributed by atoms with Crippen molar-refractivity contribution in [1.29, 1.82) is 0 Å². The predicted octanol–water partition coefficient (Wildman–Crippen LogP) is 3.07. The number of methoxy groups -OCH3 is 1. The normalized spacial score (nSPS) is 10.7. The first kappa shape index (κ1) is 22.4. The van der Waals surface area contributed by atoms with Crippen LogP contribution in [0.15, 0.2) is 48.5 Å². The zero-order valence-corrected chi connectivity index (χ0v) is 18.8. The average Bonchev–Trinajstić information content (AvgIpc) is 3.17. The van der Waals surface area contributed by atoms with Crippen molar-refractivity contribution < 1.29 is 19.1 Å². The van der Waals surface area contributed by atoms with Crippen LogP contribution >= 0.6 is 11.3 Å². The molecule has 0 radical (unpaired) electrons. The summed E-state index contributed by atoms with van der Waals surface area (Å²) in [6.07, 6.45) is 0. The minimum Gasteiger partial charge on any atom is -0.496 e. The molecule has 0 aliphatic rings. The van der Waals surface area contributed by atoms with Gasteiger partial charge in [-0.1, -0.05) is 31.4 Å². The molecule has 0 bridgehead atoms. The van der Waals surface area contributed by atoms with Crippen LogP contribution in [0.1, 0.15) is 50.9 Å². The number of thiophene rings is 1. The molecule has 2 amide bonds. The lowest BCUT2D eigenvalue weighted by molar-refractivity contribution is 0.100. The van der Waals surface area contributed by atoms with E-state index in [-0.39, 0.29) is 18.4 Å². The molecule has 3 N–H and O–H groups in total. The first-order valence-corrected chi connectivity index (χ1v) is 10.7. The van der Waals surface area contributed by atoms with Gasteiger partial charge in [-0.2, -0.15) is 0 Å². The van der Waals surface area contributed by atoms with Crippen molar-refractivity contribution in [2.45, 2.75) is 26.4 Å². The Morgan fingerprint density at radius 2 is 1.84 bits per heavy atom. The van der Waals surface area contributed by atoms with Crippen LogP contribution in [0.4, 0.5) is 5.00 Å². The fourth-order valence-corrected chi connectivity index (χ4v) is 4.04. The van der Waals surface area contributed by atoms with Crippen molar-refractivity contribution in [2.24, 2.45) is 5.73 Å². The standard InChI is InChI=1S/C23H25BN2O4S/c1-13(2)20-11-18(21(25)27)23(31-20)26-22(28)14-4-9-19(29-3)15(10-14)12-30-17-7-5-16(24)6-8-17/h4-11,13H,12,24H2,1-3H3,(H2,25,27)(H,26,28). The highest BCUT2D eigenvalue weighted by Crippen LogP contribution is 2.33. The third-order valence-corrected chi connectivity index (χ3v) is 6.12. The summed E-state index contributed by atoms with van der Waals surface area (Å²) in [5.41, 5.74) is 8.12. The van der Waals surface area contributed by atoms with Gasteiger partial charge in [0.05, 0.1) is 12.7 Å². The van der Waals surface area contributed by atoms with Crippen LogP contribution in [0.5, 0.6) is 11.5 Å². The van der Waals surface area contributed by atoms with Crippen LogP contribution in [0.25, 0.3) is 0 Å². The maximum absolute atomic E-state index is 12.9. The lowest BCUT2D eigenvalue weighted by atomic mass is 9.97. The molecule has 3 rings (SSSR count). The minimum atomic E-state index is -0.569. The molecular weight excluding hydrogens is 411 g/mol. The second-order valence-corrected chi connectivity index (χ2v) is 8.58. The summed E-state index contributed by atoms with van der Waals surface area (Å²) >= 11 is 1.36. The molecule has 1 aromatic heterocycles. The Labute approximate surface area is 186 Å². The third-order valence-electron chi connectivity index (χ3n) is 4.77. The smallest absolute Gasteiger partial charge is 0.256 e. The van der Waals surface area contributed by atoms with E-state index in [2.05, 4.69) is 5.32 Å². The summed E-state index contributed by atoms with van der Waals surface area (Å²) in [5.74, 6) is 0.674. The summed E-state index contributed by atoms with van der Waals surface area (Å²) in [6, 6.07) is 14.6. The van der Waals surface area contributed by atoms with Crippen molar-refractivity contribution in [2.75, 3.05) is 12.4 Å². The largest absolute Gasteiger partial charge is 0.496 e. The van der Waals surface area contributed by atoms with Gasteiger partial charge in [-0.15, -0.1) is 11.3 Å². The molecule has 0 aliphatic heterocycles. The number of rotatable bonds is 8. The van der Waals surface area contributed by atoms with E-state index in [9.17, 15) is 9.59 Å². The van der Waals surface area contributed by atoms with Crippen LogP contribution in [-0.4, -0.2) is 26.8 Å². The van der Waals surface area contributed by atoms with Gasteiger partial charge in [0.15, 0.2) is 0 Å². The number of hydrogen-bond acceptors (Lipinski definition) is 5. The molecule has 0 atom stereocenters. The van der Waals surface area contributed by atoms with E-state index in [4.69, 9.17) is 15.2 Å². The molecule has 0 saturated carbocycles. The number of carbonyl (C=O) groups excluding carboxylic acids is 2. The lowest BCUT2D eigenvalue weighted by Gasteiger charge is -2.12. The molecule has 160 valence electrons. The topological polar surface area (TPSA) is 90.6 Å². The first-order valence-electron chi connectivity index (χ1n) is 9.89. The number of anilines is 1. The Morgan fingerprint density at radius 1 is 1.13 bits per heavy atom. The Kier molecular flexibility index (Phi) is 7.02. The summed E-state index contributed by atoms with van der Waals surface area (Å²) in [5, 5.41) is 3.28. The number of nitrogens with two attached hydrogens (primary N) is 1. The van der Waals surface area contributed by atoms with Crippen molar-refractivity contribution in [3.8, 4) is 11.5 Å². The summed E-state index contributed by atoms with van der Waals surface area (Å²) in [7, 11) is 3.58. The summed E-state index contributed by atoms with van der Waals surface area (Å²) in [6.45, 7) is 4.29. The van der Waals surface area contributed by atoms with Gasteiger partial charge >= 0.3 is 0 Å². The second kappa shape index (κ2) is 9.70. The number of carbonyl (C=O) groups is 2. The molecule has 0 saturated heterocycles. The highest BCUT2D eigenvalue weighted by Gasteiger charge is 2.19. The summed E-state index contributed by atoms with van der Waals surface area (Å²) in [4.78, 5) is 25.7. The zero-order valence-electron chi connectivity index (χ0n) is 18.0. The van der Waals surface area contributed by atoms with E-state index in [1.54, 1.807) is 31.4 Å². The van der Waals surface area contributed by atoms with E-state index in [0.717, 1.165) is 21.7 Å². The highest BCUT2D eigenvalue weighted by atomic mass is 32.1. The van der Waals surface area contributed by atoms with Gasteiger partial charge in [-0.05, 0) is 42.3 Å². The van der Waals surface area contributed by atoms with Gasteiger partial charge in [0, 0.05) is 16.0 Å². The quantitative estimate of drug-likeness (QED) is 0.531.